The molecule has 1 heterocycles. The molecule has 2 aromatic rings. The van der Waals surface area contributed by atoms with Crippen molar-refractivity contribution < 1.29 is 19.0 Å². The van der Waals surface area contributed by atoms with Gasteiger partial charge in [-0.05, 0) is 44.2 Å². The van der Waals surface area contributed by atoms with Crippen LogP contribution in [-0.2, 0) is 0 Å². The lowest BCUT2D eigenvalue weighted by atomic mass is 10.2. The number of hydrogen-bond donors (Lipinski definition) is 1. The fraction of sp³-hybridized carbons (Fsp3) is 0.235. The predicted molar refractivity (Wildman–Crippen MR) is 82.7 cm³/mol. The number of ether oxygens (including phenoxy) is 3. The normalized spacial score (nSPS) is 12.3. The van der Waals surface area contributed by atoms with Crippen molar-refractivity contribution in [1.29, 1.82) is 0 Å². The van der Waals surface area contributed by atoms with Gasteiger partial charge in [0.15, 0.2) is 11.5 Å². The Bertz CT molecular complexity index is 697. The van der Waals surface area contributed by atoms with Crippen LogP contribution in [0.1, 0.15) is 24.2 Å². The number of amides is 1. The number of anilines is 1. The van der Waals surface area contributed by atoms with Crippen LogP contribution in [0.5, 0.6) is 17.2 Å². The van der Waals surface area contributed by atoms with E-state index in [-0.39, 0.29) is 18.8 Å². The Morgan fingerprint density at radius 2 is 1.95 bits per heavy atom. The largest absolute Gasteiger partial charge is 0.491 e. The van der Waals surface area contributed by atoms with Crippen LogP contribution < -0.4 is 19.5 Å². The van der Waals surface area contributed by atoms with Gasteiger partial charge in [0.05, 0.1) is 6.10 Å². The van der Waals surface area contributed by atoms with Crippen LogP contribution in [0.3, 0.4) is 0 Å². The number of nitrogens with one attached hydrogen (secondary N) is 1. The highest BCUT2D eigenvalue weighted by atomic mass is 16.7. The van der Waals surface area contributed by atoms with Crippen molar-refractivity contribution in [2.75, 3.05) is 12.1 Å². The predicted octanol–water partition coefficient (Wildman–Crippen LogP) is 3.45. The Kier molecular flexibility index (Phi) is 3.87. The van der Waals surface area contributed by atoms with Crippen molar-refractivity contribution in [3.8, 4) is 17.2 Å². The molecule has 0 bridgehead atoms. The van der Waals surface area contributed by atoms with Crippen molar-refractivity contribution in [3.05, 3.63) is 48.0 Å². The first-order chi connectivity index (χ1) is 10.6. The molecule has 0 saturated carbocycles. The first-order valence-electron chi connectivity index (χ1n) is 7.09. The Labute approximate surface area is 128 Å². The van der Waals surface area contributed by atoms with E-state index >= 15 is 0 Å². The Morgan fingerprint density at radius 3 is 2.77 bits per heavy atom. The molecule has 0 radical (unpaired) electrons. The molecule has 22 heavy (non-hydrogen) atoms. The van der Waals surface area contributed by atoms with Crippen molar-refractivity contribution >= 4 is 11.6 Å². The van der Waals surface area contributed by atoms with Crippen LogP contribution in [0.15, 0.2) is 42.5 Å². The lowest BCUT2D eigenvalue weighted by Gasteiger charge is -2.11. The van der Waals surface area contributed by atoms with Gasteiger partial charge in [0, 0.05) is 17.3 Å². The number of carbonyl (C=O) groups excluding carboxylic acids is 1. The molecule has 0 aliphatic carbocycles. The molecular weight excluding hydrogens is 282 g/mol. The van der Waals surface area contributed by atoms with Gasteiger partial charge < -0.3 is 19.5 Å². The van der Waals surface area contributed by atoms with E-state index in [0.717, 1.165) is 0 Å². The van der Waals surface area contributed by atoms with Gasteiger partial charge in [0.25, 0.3) is 5.91 Å². The number of fused-ring (bicyclic) bond motifs is 1. The molecule has 0 spiro atoms. The standard InChI is InChI=1S/C17H17NO4/c1-11(2)22-14-5-3-4-12(8-14)17(19)18-13-6-7-15-16(9-13)21-10-20-15/h3-9,11H,10H2,1-2H3,(H,18,19). The third-order valence-corrected chi connectivity index (χ3v) is 3.10. The zero-order valence-corrected chi connectivity index (χ0v) is 12.5. The molecule has 1 aliphatic heterocycles. The molecule has 2 aromatic carbocycles. The van der Waals surface area contributed by atoms with Crippen LogP contribution in [0.2, 0.25) is 0 Å². The van der Waals surface area contributed by atoms with Crippen LogP contribution in [0, 0.1) is 0 Å². The number of hydrogen-bond acceptors (Lipinski definition) is 4. The summed E-state index contributed by atoms with van der Waals surface area (Å²) in [6, 6.07) is 12.4. The molecule has 114 valence electrons. The fourth-order valence-corrected chi connectivity index (χ4v) is 2.16. The highest BCUT2D eigenvalue weighted by Gasteiger charge is 2.15. The summed E-state index contributed by atoms with van der Waals surface area (Å²) in [5.74, 6) is 1.79. The molecule has 5 nitrogen and oxygen atoms in total. The van der Waals surface area contributed by atoms with Gasteiger partial charge in [-0.25, -0.2) is 0 Å². The second-order valence-electron chi connectivity index (χ2n) is 5.22. The zero-order valence-electron chi connectivity index (χ0n) is 12.5. The summed E-state index contributed by atoms with van der Waals surface area (Å²) < 4.78 is 16.1. The third kappa shape index (κ3) is 3.14. The van der Waals surface area contributed by atoms with E-state index < -0.39 is 0 Å². The molecule has 0 atom stereocenters. The summed E-state index contributed by atoms with van der Waals surface area (Å²) in [6.45, 7) is 4.10. The highest BCUT2D eigenvalue weighted by Crippen LogP contribution is 2.34. The van der Waals surface area contributed by atoms with Gasteiger partial charge in [-0.1, -0.05) is 6.07 Å². The van der Waals surface area contributed by atoms with Gasteiger partial charge in [0.2, 0.25) is 6.79 Å². The summed E-state index contributed by atoms with van der Waals surface area (Å²) in [7, 11) is 0. The molecule has 1 N–H and O–H groups in total. The summed E-state index contributed by atoms with van der Waals surface area (Å²) in [5.41, 5.74) is 1.19. The molecule has 0 unspecified atom stereocenters. The summed E-state index contributed by atoms with van der Waals surface area (Å²) in [6.07, 6.45) is 0.0622. The topological polar surface area (TPSA) is 56.8 Å². The number of benzene rings is 2. The summed E-state index contributed by atoms with van der Waals surface area (Å²) in [4.78, 5) is 12.3. The average Bonchev–Trinajstić information content (AvgIpc) is 2.94. The van der Waals surface area contributed by atoms with Gasteiger partial charge in [-0.2, -0.15) is 0 Å². The first-order valence-corrected chi connectivity index (χ1v) is 7.09. The van der Waals surface area contributed by atoms with Crippen molar-refractivity contribution in [2.24, 2.45) is 0 Å². The molecular formula is C17H17NO4. The Morgan fingerprint density at radius 1 is 1.14 bits per heavy atom. The molecule has 1 aliphatic rings. The van der Waals surface area contributed by atoms with Crippen LogP contribution in [0.25, 0.3) is 0 Å². The SMILES string of the molecule is CC(C)Oc1cccc(C(=O)Nc2ccc3c(c2)OCO3)c1. The molecule has 0 aromatic heterocycles. The first kappa shape index (κ1) is 14.3. The van der Waals surface area contributed by atoms with E-state index in [1.54, 1.807) is 36.4 Å². The second-order valence-corrected chi connectivity index (χ2v) is 5.22. The Hall–Kier alpha value is -2.69. The van der Waals surface area contributed by atoms with E-state index in [1.165, 1.54) is 0 Å². The zero-order chi connectivity index (χ0) is 15.5. The number of carbonyl (C=O) groups is 1. The molecule has 1 amide bonds. The monoisotopic (exact) mass is 299 g/mol. The van der Waals surface area contributed by atoms with Crippen LogP contribution >= 0.6 is 0 Å². The molecule has 0 saturated heterocycles. The Balaban J connectivity index is 1.74. The fourth-order valence-electron chi connectivity index (χ4n) is 2.16. The van der Waals surface area contributed by atoms with Gasteiger partial charge in [0.1, 0.15) is 5.75 Å². The maximum absolute atomic E-state index is 12.3. The van der Waals surface area contributed by atoms with Crippen LogP contribution in [0.4, 0.5) is 5.69 Å². The molecule has 3 rings (SSSR count). The lowest BCUT2D eigenvalue weighted by molar-refractivity contribution is 0.102. The van der Waals surface area contributed by atoms with E-state index in [0.29, 0.717) is 28.5 Å². The minimum absolute atomic E-state index is 0.0622. The van der Waals surface area contributed by atoms with Gasteiger partial charge in [-0.15, -0.1) is 0 Å². The molecule has 0 fully saturated rings. The van der Waals surface area contributed by atoms with Crippen molar-refractivity contribution in [2.45, 2.75) is 20.0 Å². The quantitative estimate of drug-likeness (QED) is 0.939. The minimum Gasteiger partial charge on any atom is -0.491 e. The summed E-state index contributed by atoms with van der Waals surface area (Å²) >= 11 is 0. The van der Waals surface area contributed by atoms with E-state index in [2.05, 4.69) is 5.32 Å². The third-order valence-electron chi connectivity index (χ3n) is 3.10. The average molecular weight is 299 g/mol. The molecule has 5 heteroatoms. The lowest BCUT2D eigenvalue weighted by Crippen LogP contribution is -2.12. The summed E-state index contributed by atoms with van der Waals surface area (Å²) in [5, 5.41) is 2.84. The van der Waals surface area contributed by atoms with Gasteiger partial charge >= 0.3 is 0 Å². The van der Waals surface area contributed by atoms with Gasteiger partial charge in [-0.3, -0.25) is 4.79 Å². The van der Waals surface area contributed by atoms with Crippen molar-refractivity contribution in [3.63, 3.8) is 0 Å². The van der Waals surface area contributed by atoms with E-state index in [1.807, 2.05) is 19.9 Å². The maximum atomic E-state index is 12.3. The smallest absolute Gasteiger partial charge is 0.255 e. The second kappa shape index (κ2) is 5.97. The van der Waals surface area contributed by atoms with Crippen molar-refractivity contribution in [1.82, 2.24) is 0 Å². The maximum Gasteiger partial charge on any atom is 0.255 e. The van der Waals surface area contributed by atoms with Crippen LogP contribution in [-0.4, -0.2) is 18.8 Å². The highest BCUT2D eigenvalue weighted by molar-refractivity contribution is 6.04. The number of rotatable bonds is 4. The minimum atomic E-state index is -0.201. The van der Waals surface area contributed by atoms with E-state index in [9.17, 15) is 4.79 Å². The van der Waals surface area contributed by atoms with E-state index in [4.69, 9.17) is 14.2 Å².